The van der Waals surface area contributed by atoms with E-state index in [2.05, 4.69) is 134 Å². The molecule has 54 heavy (non-hydrogen) atoms. The van der Waals surface area contributed by atoms with Gasteiger partial charge in [0, 0.05) is 11.6 Å². The Bertz CT molecular complexity index is 1650. The van der Waals surface area contributed by atoms with E-state index in [1.165, 1.54) is 0 Å². The average molecular weight is 1290 g/mol. The van der Waals surface area contributed by atoms with Crippen molar-refractivity contribution in [2.45, 2.75) is 0 Å². The highest BCUT2D eigenvalue weighted by Gasteiger charge is 2.35. The molecule has 0 aliphatic heterocycles. The van der Waals surface area contributed by atoms with Crippen LogP contribution in [-0.2, 0) is 4.79 Å². The molecule has 306 valence electrons. The number of benzene rings is 2. The van der Waals surface area contributed by atoms with Gasteiger partial charge in [-0.2, -0.15) is 0 Å². The first-order valence-electron chi connectivity index (χ1n) is 12.9. The van der Waals surface area contributed by atoms with E-state index in [9.17, 15) is 27.2 Å². The van der Waals surface area contributed by atoms with E-state index < -0.39 is 34.5 Å². The van der Waals surface area contributed by atoms with Crippen molar-refractivity contribution in [3.05, 3.63) is 75.1 Å². The van der Waals surface area contributed by atoms with E-state index in [1.54, 1.807) is 0 Å². The quantitative estimate of drug-likeness (QED) is 0.0851. The van der Waals surface area contributed by atoms with Gasteiger partial charge in [0.05, 0.1) is 15.1 Å². The molecular formula is C18H38Cl2F4O3P26S. The van der Waals surface area contributed by atoms with Crippen LogP contribution in [0.4, 0.5) is 17.6 Å². The normalized spacial score (nSPS) is 12.9. The minimum absolute atomic E-state index is 0.00370. The van der Waals surface area contributed by atoms with Gasteiger partial charge in [-0.1, -0.05) is 11.6 Å². The van der Waals surface area contributed by atoms with Gasteiger partial charge in [-0.25, -0.2) is 22.4 Å². The summed E-state index contributed by atoms with van der Waals surface area (Å²) >= 11 is 11.7. The number of thiophene rings is 1. The topological polar surface area (TPSA) is 54.4 Å². The van der Waals surface area contributed by atoms with E-state index in [4.69, 9.17) is 28.3 Å². The number of hydrogen-bond donors (Lipinski definition) is 1. The van der Waals surface area contributed by atoms with Crippen LogP contribution in [0.3, 0.4) is 0 Å². The van der Waals surface area contributed by atoms with E-state index in [0.29, 0.717) is 0 Å². The van der Waals surface area contributed by atoms with Crippen LogP contribution in [0.15, 0.2) is 36.4 Å². The zero-order chi connectivity index (χ0) is 42.4. The average Bonchev–Trinajstić information content (AvgIpc) is 3.40. The van der Waals surface area contributed by atoms with Crippen LogP contribution < -0.4 is 0 Å². The third-order valence-electron chi connectivity index (χ3n) is 5.04. The molecule has 0 saturated heterocycles. The van der Waals surface area contributed by atoms with Crippen molar-refractivity contribution in [1.82, 2.24) is 0 Å². The summed E-state index contributed by atoms with van der Waals surface area (Å²) in [5.74, 6) is -3.76. The van der Waals surface area contributed by atoms with Crippen LogP contribution in [0.25, 0.3) is 16.2 Å². The van der Waals surface area contributed by atoms with Crippen LogP contribution in [0.2, 0.25) is 5.02 Å². The molecule has 0 saturated carbocycles. The number of halogens is 6. The van der Waals surface area contributed by atoms with Gasteiger partial charge in [0.2, 0.25) is 0 Å². The van der Waals surface area contributed by atoms with Crippen LogP contribution in [0, 0.1) is 23.3 Å². The van der Waals surface area contributed by atoms with Gasteiger partial charge in [0.1, 0.15) is 28.1 Å². The minimum atomic E-state index is -1.20. The number of rotatable bonds is 12. The van der Waals surface area contributed by atoms with Crippen LogP contribution in [0.5, 0.6) is 0 Å². The van der Waals surface area contributed by atoms with Crippen LogP contribution in [-0.4, -0.2) is 16.3 Å². The highest BCUT2D eigenvalue weighted by Crippen LogP contribution is 3.24. The first-order valence-corrected chi connectivity index (χ1v) is 59.9. The van der Waals surface area contributed by atoms with Crippen LogP contribution in [0.1, 0.15) is 15.2 Å². The summed E-state index contributed by atoms with van der Waals surface area (Å²) in [5, 5.41) is 7.19. The van der Waals surface area contributed by atoms with Crippen molar-refractivity contribution < 1.29 is 32.3 Å². The van der Waals surface area contributed by atoms with Gasteiger partial charge in [0.15, 0.2) is 0 Å². The predicted octanol–water partition coefficient (Wildman–Crippen LogP) is 20.6. The molecule has 3 nitrogen and oxygen atoms in total. The number of carbonyl (C=O) groups excluding carboxylic acids is 1. The lowest BCUT2D eigenvalue weighted by molar-refractivity contribution is -0.131. The molecule has 2 aromatic carbocycles. The van der Waals surface area contributed by atoms with Gasteiger partial charge in [0.25, 0.3) is 5.24 Å². The predicted molar refractivity (Wildman–Crippen MR) is 322 cm³/mol. The maximum atomic E-state index is 13.3. The van der Waals surface area contributed by atoms with Gasteiger partial charge in [-0.3, -0.25) is 4.79 Å². The minimum Gasteiger partial charge on any atom is -0.478 e. The number of carboxylic acids is 1. The molecular weight excluding hydrogens is 1250 g/mol. The SMILES string of the molecule is O=C(Cl)c1sc2c(F)ccc(F)c2c1Cl.O=C(O)/C=C/c1cc(F)ccc1F.PP(P)P(P(P)P)P(P)P.PP(P)P(P)P(P(P)P)P(P(P)P)P(P)P. The summed E-state index contributed by atoms with van der Waals surface area (Å²) in [4.78, 5) is 20.9. The molecule has 1 heterocycles. The lowest BCUT2D eigenvalue weighted by Crippen LogP contribution is -1.88. The molecule has 0 amide bonds. The molecule has 1 aromatic heterocycles. The molecule has 1 N–H and O–H groups in total. The summed E-state index contributed by atoms with van der Waals surface area (Å²) in [6, 6.07) is 4.77. The highest BCUT2D eigenvalue weighted by atomic mass is 35.5. The molecule has 36 heteroatoms. The first-order chi connectivity index (χ1) is 24.8. The van der Waals surface area contributed by atoms with E-state index >= 15 is 0 Å². The number of carbonyl (C=O) groups is 2. The Hall–Kier alpha value is 8.76. The van der Waals surface area contributed by atoms with Gasteiger partial charge in [-0.15, -0.1) is 145 Å². The third kappa shape index (κ3) is 23.7. The molecule has 0 radical (unpaired) electrons. The lowest BCUT2D eigenvalue weighted by Gasteiger charge is -2.40. The monoisotopic (exact) mass is 1290 g/mol. The fourth-order valence-electron chi connectivity index (χ4n) is 3.06. The molecule has 0 spiro atoms. The van der Waals surface area contributed by atoms with E-state index in [-0.39, 0.29) is 102 Å². The maximum absolute atomic E-state index is 13.3. The molecule has 17 unspecified atom stereocenters. The Morgan fingerprint density at radius 1 is 0.630 bits per heavy atom. The molecule has 3 rings (SSSR count). The second-order valence-corrected chi connectivity index (χ2v) is 109. The largest absolute Gasteiger partial charge is 0.478 e. The van der Waals surface area contributed by atoms with E-state index in [0.717, 1.165) is 53.8 Å². The summed E-state index contributed by atoms with van der Waals surface area (Å²) in [7, 11) is 45.5. The fraction of sp³-hybridized carbons (Fsp3) is 0. The molecule has 17 atom stereocenters. The molecule has 0 aliphatic carbocycles. The number of fused-ring (bicyclic) bond motifs is 1. The van der Waals surface area contributed by atoms with Crippen LogP contribution >= 0.6 is 245 Å². The molecule has 0 fully saturated rings. The number of aliphatic carboxylic acids is 1. The first kappa shape index (κ1) is 62.8. The van der Waals surface area contributed by atoms with Crippen molar-refractivity contribution in [2.24, 2.45) is 0 Å². The molecule has 0 aliphatic rings. The van der Waals surface area contributed by atoms with Crippen molar-refractivity contribution in [3.63, 3.8) is 0 Å². The standard InChI is InChI=1S/C9H2Cl2F2OS.C9H6F2O2.H18P16.H12P10/c10-6-5-3(12)1-2-4(13)7(5)15-8(6)9(11)14;10-7-2-3-8(11)6(5-7)1-4-9(12)13;1-10(2)14(9)16(13(7)8)15(11(3)4)12(5)6;1-7(2)10(8(3)4)9(5)6/h1-2H;1-5H,(H,12,13);1-9H2;1-6H2/b;4-1+;;. The third-order valence-corrected chi connectivity index (χ3v) is 153. The lowest BCUT2D eigenvalue weighted by atomic mass is 10.2. The van der Waals surface area contributed by atoms with Crippen molar-refractivity contribution in [3.8, 4) is 0 Å². The summed E-state index contributed by atoms with van der Waals surface area (Å²) in [6.07, 6.45) is 1.75. The Morgan fingerprint density at radius 3 is 1.41 bits per heavy atom. The highest BCUT2D eigenvalue weighted by molar-refractivity contribution is 9.30. The number of carboxylic acid groups (broad SMARTS) is 1. The molecule has 0 bridgehead atoms. The van der Waals surface area contributed by atoms with E-state index in [1.807, 2.05) is 0 Å². The van der Waals surface area contributed by atoms with Gasteiger partial charge >= 0.3 is 5.97 Å². The Kier molecular flexibility index (Phi) is 38.7. The Labute approximate surface area is 376 Å². The Balaban J connectivity index is 0.000000703. The second kappa shape index (κ2) is 33.3. The summed E-state index contributed by atoms with van der Waals surface area (Å²) in [6.45, 7) is 1.36. The zero-order valence-electron chi connectivity index (χ0n) is 27.1. The van der Waals surface area contributed by atoms with Crippen molar-refractivity contribution >= 4 is 273 Å². The van der Waals surface area contributed by atoms with Crippen molar-refractivity contribution in [2.75, 3.05) is 0 Å². The second-order valence-electron chi connectivity index (χ2n) is 8.88. The zero-order valence-corrected chi connectivity index (χ0v) is 56.5. The fourth-order valence-corrected chi connectivity index (χ4v) is 255. The Morgan fingerprint density at radius 2 is 1.06 bits per heavy atom. The van der Waals surface area contributed by atoms with Crippen molar-refractivity contribution in [1.29, 1.82) is 0 Å². The number of hydrogen-bond acceptors (Lipinski definition) is 3. The maximum Gasteiger partial charge on any atom is 0.328 e. The summed E-state index contributed by atoms with van der Waals surface area (Å²) < 4.78 is 51.9. The van der Waals surface area contributed by atoms with Gasteiger partial charge in [-0.05, 0) is 125 Å². The summed E-state index contributed by atoms with van der Waals surface area (Å²) in [5.41, 5.74) is -0.0811. The molecule has 3 aromatic rings. The van der Waals surface area contributed by atoms with Gasteiger partial charge < -0.3 is 5.11 Å². The smallest absolute Gasteiger partial charge is 0.328 e.